The number of nitrogens with two attached hydrogens (primary N) is 1. The van der Waals surface area contributed by atoms with Crippen LogP contribution in [0.25, 0.3) is 0 Å². The predicted molar refractivity (Wildman–Crippen MR) is 93.2 cm³/mol. The summed E-state index contributed by atoms with van der Waals surface area (Å²) in [5.74, 6) is 8.71. The van der Waals surface area contributed by atoms with Crippen molar-refractivity contribution in [2.24, 2.45) is 11.7 Å². The van der Waals surface area contributed by atoms with Gasteiger partial charge in [0.2, 0.25) is 5.82 Å². The van der Waals surface area contributed by atoms with Crippen molar-refractivity contribution in [2.45, 2.75) is 38.6 Å². The van der Waals surface area contributed by atoms with Gasteiger partial charge in [0, 0.05) is 31.9 Å². The van der Waals surface area contributed by atoms with Gasteiger partial charge in [-0.15, -0.1) is 0 Å². The highest BCUT2D eigenvalue weighted by Crippen LogP contribution is 2.16. The maximum atomic E-state index is 6.14. The van der Waals surface area contributed by atoms with E-state index in [1.54, 1.807) is 6.20 Å². The summed E-state index contributed by atoms with van der Waals surface area (Å²) >= 11 is 0. The van der Waals surface area contributed by atoms with E-state index in [2.05, 4.69) is 38.5 Å². The Morgan fingerprint density at radius 3 is 3.00 bits per heavy atom. The number of likely N-dealkylation sites (tertiary alicyclic amines) is 1. The van der Waals surface area contributed by atoms with E-state index in [-0.39, 0.29) is 6.04 Å². The highest BCUT2D eigenvalue weighted by molar-refractivity contribution is 5.40. The van der Waals surface area contributed by atoms with Crippen LogP contribution in [0, 0.1) is 17.8 Å². The van der Waals surface area contributed by atoms with E-state index >= 15 is 0 Å². The first-order valence-corrected chi connectivity index (χ1v) is 8.75. The lowest BCUT2D eigenvalue weighted by molar-refractivity contribution is 0.369. The summed E-state index contributed by atoms with van der Waals surface area (Å²) < 4.78 is 0. The molecular formula is C18H27N5. The molecule has 0 bridgehead atoms. The Hall–Kier alpha value is -1.64. The molecule has 124 valence electrons. The minimum absolute atomic E-state index is 0.235. The lowest BCUT2D eigenvalue weighted by Gasteiger charge is -2.23. The van der Waals surface area contributed by atoms with Gasteiger partial charge in [-0.25, -0.2) is 9.97 Å². The molecule has 2 N–H and O–H groups in total. The predicted octanol–water partition coefficient (Wildman–Crippen LogP) is 1.49. The second-order valence-corrected chi connectivity index (χ2v) is 6.87. The lowest BCUT2D eigenvalue weighted by atomic mass is 10.2. The van der Waals surface area contributed by atoms with Crippen LogP contribution in [-0.4, -0.2) is 53.6 Å². The molecule has 2 atom stereocenters. The largest absolute Gasteiger partial charge is 0.355 e. The summed E-state index contributed by atoms with van der Waals surface area (Å²) in [6.07, 6.45) is 6.56. The van der Waals surface area contributed by atoms with Crippen molar-refractivity contribution in [2.75, 3.05) is 37.6 Å². The molecule has 0 radical (unpaired) electrons. The molecule has 5 nitrogen and oxygen atoms in total. The van der Waals surface area contributed by atoms with Crippen molar-refractivity contribution in [3.63, 3.8) is 0 Å². The Morgan fingerprint density at radius 2 is 2.17 bits per heavy atom. The molecule has 0 spiro atoms. The molecular weight excluding hydrogens is 286 g/mol. The third kappa shape index (κ3) is 4.66. The van der Waals surface area contributed by atoms with Gasteiger partial charge in [-0.2, -0.15) is 0 Å². The monoisotopic (exact) mass is 313 g/mol. The SMILES string of the molecule is CC1CCN(CC#Cc2nccc(N3CCCC[C@@H](N)C3)n2)C1. The Morgan fingerprint density at radius 1 is 1.26 bits per heavy atom. The Bertz CT molecular complexity index is 576. The van der Waals surface area contributed by atoms with Gasteiger partial charge in [0.25, 0.3) is 0 Å². The quantitative estimate of drug-likeness (QED) is 0.838. The molecule has 0 aromatic carbocycles. The summed E-state index contributed by atoms with van der Waals surface area (Å²) in [4.78, 5) is 13.6. The molecule has 0 amide bonds. The van der Waals surface area contributed by atoms with Crippen LogP contribution >= 0.6 is 0 Å². The average molecular weight is 313 g/mol. The van der Waals surface area contributed by atoms with Crippen molar-refractivity contribution in [1.29, 1.82) is 0 Å². The van der Waals surface area contributed by atoms with Crippen LogP contribution in [0.2, 0.25) is 0 Å². The molecule has 3 heterocycles. The van der Waals surface area contributed by atoms with Gasteiger partial charge in [-0.3, -0.25) is 4.90 Å². The zero-order valence-corrected chi connectivity index (χ0v) is 14.0. The highest BCUT2D eigenvalue weighted by Gasteiger charge is 2.17. The van der Waals surface area contributed by atoms with Gasteiger partial charge in [0.1, 0.15) is 5.82 Å². The number of hydrogen-bond acceptors (Lipinski definition) is 5. The standard InChI is InChI=1S/C18H27N5/c1-15-8-12-22(13-15)10-4-6-17-20-9-7-18(21-17)23-11-3-2-5-16(19)14-23/h7,9,15-16H,2-3,5,8,10-14,19H2,1H3/t15?,16-/m1/s1. The third-order valence-corrected chi connectivity index (χ3v) is 4.68. The van der Waals surface area contributed by atoms with Crippen LogP contribution < -0.4 is 10.6 Å². The molecule has 3 rings (SSSR count). The van der Waals surface area contributed by atoms with Crippen LogP contribution in [0.1, 0.15) is 38.4 Å². The first-order valence-electron chi connectivity index (χ1n) is 8.75. The van der Waals surface area contributed by atoms with Gasteiger partial charge in [0.05, 0.1) is 6.54 Å². The van der Waals surface area contributed by atoms with Crippen LogP contribution in [0.15, 0.2) is 12.3 Å². The van der Waals surface area contributed by atoms with E-state index in [0.717, 1.165) is 50.9 Å². The van der Waals surface area contributed by atoms with Crippen molar-refractivity contribution in [3.05, 3.63) is 18.1 Å². The Labute approximate surface area is 139 Å². The zero-order valence-electron chi connectivity index (χ0n) is 14.0. The van der Waals surface area contributed by atoms with Crippen LogP contribution in [0.3, 0.4) is 0 Å². The molecule has 2 aliphatic rings. The van der Waals surface area contributed by atoms with Crippen molar-refractivity contribution in [1.82, 2.24) is 14.9 Å². The van der Waals surface area contributed by atoms with E-state index in [0.29, 0.717) is 5.82 Å². The number of rotatable bonds is 2. The third-order valence-electron chi connectivity index (χ3n) is 4.68. The van der Waals surface area contributed by atoms with E-state index in [9.17, 15) is 0 Å². The molecule has 5 heteroatoms. The van der Waals surface area contributed by atoms with Crippen molar-refractivity contribution < 1.29 is 0 Å². The van der Waals surface area contributed by atoms with Gasteiger partial charge in [0.15, 0.2) is 0 Å². The second-order valence-electron chi connectivity index (χ2n) is 6.87. The molecule has 0 aliphatic carbocycles. The number of aromatic nitrogens is 2. The molecule has 1 unspecified atom stereocenters. The Balaban J connectivity index is 1.63. The molecule has 23 heavy (non-hydrogen) atoms. The summed E-state index contributed by atoms with van der Waals surface area (Å²) in [5, 5.41) is 0. The topological polar surface area (TPSA) is 58.3 Å². The van der Waals surface area contributed by atoms with E-state index < -0.39 is 0 Å². The van der Waals surface area contributed by atoms with Crippen LogP contribution in [0.4, 0.5) is 5.82 Å². The molecule has 2 saturated heterocycles. The summed E-state index contributed by atoms with van der Waals surface area (Å²) in [5.41, 5.74) is 6.14. The van der Waals surface area contributed by atoms with Crippen LogP contribution in [0.5, 0.6) is 0 Å². The number of nitrogens with zero attached hydrogens (tertiary/aromatic N) is 4. The summed E-state index contributed by atoms with van der Waals surface area (Å²) in [6, 6.07) is 2.20. The zero-order chi connectivity index (χ0) is 16.1. The summed E-state index contributed by atoms with van der Waals surface area (Å²) in [7, 11) is 0. The first kappa shape index (κ1) is 16.2. The fraction of sp³-hybridized carbons (Fsp3) is 0.667. The van der Waals surface area contributed by atoms with Crippen molar-refractivity contribution in [3.8, 4) is 11.8 Å². The van der Waals surface area contributed by atoms with Crippen molar-refractivity contribution >= 4 is 5.82 Å². The fourth-order valence-corrected chi connectivity index (χ4v) is 3.37. The van der Waals surface area contributed by atoms with Gasteiger partial charge in [-0.05, 0) is 43.7 Å². The smallest absolute Gasteiger partial charge is 0.206 e. The van der Waals surface area contributed by atoms with Gasteiger partial charge < -0.3 is 10.6 Å². The van der Waals surface area contributed by atoms with E-state index in [4.69, 9.17) is 5.73 Å². The highest BCUT2D eigenvalue weighted by atomic mass is 15.2. The summed E-state index contributed by atoms with van der Waals surface area (Å²) in [6.45, 7) is 7.31. The van der Waals surface area contributed by atoms with E-state index in [1.165, 1.54) is 19.3 Å². The minimum Gasteiger partial charge on any atom is -0.355 e. The van der Waals surface area contributed by atoms with Crippen LogP contribution in [-0.2, 0) is 0 Å². The maximum Gasteiger partial charge on any atom is 0.206 e. The number of anilines is 1. The first-order chi connectivity index (χ1) is 11.2. The molecule has 1 aromatic rings. The van der Waals surface area contributed by atoms with E-state index in [1.807, 2.05) is 6.07 Å². The fourth-order valence-electron chi connectivity index (χ4n) is 3.37. The average Bonchev–Trinajstić information content (AvgIpc) is 2.83. The molecule has 2 aliphatic heterocycles. The maximum absolute atomic E-state index is 6.14. The van der Waals surface area contributed by atoms with Gasteiger partial charge >= 0.3 is 0 Å². The molecule has 1 aromatic heterocycles. The Kier molecular flexibility index (Phi) is 5.47. The minimum atomic E-state index is 0.235. The second kappa shape index (κ2) is 7.76. The van der Waals surface area contributed by atoms with Gasteiger partial charge in [-0.1, -0.05) is 19.3 Å². The normalized spacial score (nSPS) is 25.7. The molecule has 0 saturated carbocycles. The number of hydrogen-bond donors (Lipinski definition) is 1. The lowest BCUT2D eigenvalue weighted by Crippen LogP contribution is -2.36. The molecule has 2 fully saturated rings.